The Bertz CT molecular complexity index is 332. The molecule has 0 aromatic heterocycles. The van der Waals surface area contributed by atoms with Gasteiger partial charge in [-0.1, -0.05) is 25.1 Å². The van der Waals surface area contributed by atoms with Crippen LogP contribution in [0, 0.1) is 0 Å². The van der Waals surface area contributed by atoms with E-state index in [1.165, 1.54) is 32.1 Å². The van der Waals surface area contributed by atoms with Crippen LogP contribution in [-0.2, 0) is 0 Å². The van der Waals surface area contributed by atoms with Crippen LogP contribution in [0.5, 0.6) is 0 Å². The lowest BCUT2D eigenvalue weighted by atomic mass is 9.74. The minimum atomic E-state index is 0.523. The van der Waals surface area contributed by atoms with Gasteiger partial charge in [-0.2, -0.15) is 0 Å². The molecule has 0 bridgehead atoms. The van der Waals surface area contributed by atoms with Crippen molar-refractivity contribution in [1.29, 1.82) is 0 Å². The predicted octanol–water partition coefficient (Wildman–Crippen LogP) is 2.83. The molecular formula is C15H29BN2S. The van der Waals surface area contributed by atoms with Gasteiger partial charge in [-0.05, 0) is 52.8 Å². The number of nitrogens with zero attached hydrogens (tertiary/aromatic N) is 2. The normalized spacial score (nSPS) is 32.7. The smallest absolute Gasteiger partial charge is 0.172 e. The first kappa shape index (κ1) is 15.1. The first-order valence-electron chi connectivity index (χ1n) is 8.04. The molecule has 2 nitrogen and oxygen atoms in total. The SMILES string of the molecule is BC1CCCCC2C(C1)N(C(C)C)C(=S)N2C(C)C. The second-order valence-corrected chi connectivity index (χ2v) is 7.41. The maximum atomic E-state index is 5.81. The van der Waals surface area contributed by atoms with E-state index in [-0.39, 0.29) is 0 Å². The number of rotatable bonds is 2. The Balaban J connectivity index is 2.29. The van der Waals surface area contributed by atoms with Crippen LogP contribution < -0.4 is 0 Å². The Morgan fingerprint density at radius 3 is 2.11 bits per heavy atom. The van der Waals surface area contributed by atoms with Crippen LogP contribution in [0.3, 0.4) is 0 Å². The zero-order valence-corrected chi connectivity index (χ0v) is 14.0. The van der Waals surface area contributed by atoms with Gasteiger partial charge in [0, 0.05) is 12.1 Å². The lowest BCUT2D eigenvalue weighted by Crippen LogP contribution is -2.42. The van der Waals surface area contributed by atoms with Gasteiger partial charge < -0.3 is 9.80 Å². The third-order valence-corrected chi connectivity index (χ3v) is 5.23. The van der Waals surface area contributed by atoms with Crippen molar-refractivity contribution in [3.63, 3.8) is 0 Å². The molecule has 108 valence electrons. The van der Waals surface area contributed by atoms with Crippen LogP contribution >= 0.6 is 12.2 Å². The number of hydrogen-bond acceptors (Lipinski definition) is 1. The van der Waals surface area contributed by atoms with Crippen molar-refractivity contribution in [2.24, 2.45) is 0 Å². The molecule has 0 aromatic rings. The fourth-order valence-corrected chi connectivity index (χ4v) is 4.67. The molecule has 0 radical (unpaired) electrons. The second kappa shape index (κ2) is 6.03. The summed E-state index contributed by atoms with van der Waals surface area (Å²) in [6, 6.07) is 2.34. The van der Waals surface area contributed by atoms with Crippen molar-refractivity contribution < 1.29 is 0 Å². The van der Waals surface area contributed by atoms with Crippen LogP contribution in [0.4, 0.5) is 0 Å². The molecule has 0 amide bonds. The van der Waals surface area contributed by atoms with Gasteiger partial charge in [0.05, 0.1) is 12.1 Å². The standard InChI is InChI=1S/C15H29BN2S/c1-10(2)17-13-8-6-5-7-12(16)9-14(13)18(11(3)4)15(17)19/h10-14H,5-9,16H2,1-4H3. The fourth-order valence-electron chi connectivity index (χ4n) is 3.97. The topological polar surface area (TPSA) is 6.48 Å². The molecule has 1 aliphatic heterocycles. The third-order valence-electron chi connectivity index (χ3n) is 4.80. The molecule has 3 unspecified atom stereocenters. The van der Waals surface area contributed by atoms with Gasteiger partial charge in [-0.25, -0.2) is 0 Å². The van der Waals surface area contributed by atoms with Gasteiger partial charge in [0.25, 0.3) is 0 Å². The summed E-state index contributed by atoms with van der Waals surface area (Å²) < 4.78 is 0. The van der Waals surface area contributed by atoms with Gasteiger partial charge >= 0.3 is 0 Å². The van der Waals surface area contributed by atoms with Crippen molar-refractivity contribution >= 4 is 25.2 Å². The van der Waals surface area contributed by atoms with Crippen molar-refractivity contribution in [2.75, 3.05) is 0 Å². The summed E-state index contributed by atoms with van der Waals surface area (Å²) in [6.45, 7) is 9.15. The summed E-state index contributed by atoms with van der Waals surface area (Å²) >= 11 is 5.81. The van der Waals surface area contributed by atoms with Gasteiger partial charge in [-0.3, -0.25) is 0 Å². The van der Waals surface area contributed by atoms with Crippen molar-refractivity contribution in [3.8, 4) is 0 Å². The highest BCUT2D eigenvalue weighted by molar-refractivity contribution is 7.80. The van der Waals surface area contributed by atoms with E-state index in [0.29, 0.717) is 24.2 Å². The van der Waals surface area contributed by atoms with Gasteiger partial charge in [0.15, 0.2) is 5.11 Å². The summed E-state index contributed by atoms with van der Waals surface area (Å²) in [5.74, 6) is 0.837. The van der Waals surface area contributed by atoms with E-state index in [1.807, 2.05) is 0 Å². The molecule has 1 heterocycles. The molecule has 2 rings (SSSR count). The molecule has 0 aromatic carbocycles. The molecular weight excluding hydrogens is 251 g/mol. The molecule has 1 saturated heterocycles. The van der Waals surface area contributed by atoms with Crippen LogP contribution in [-0.4, -0.2) is 46.9 Å². The number of thiocarbonyl (C=S) groups is 1. The Kier molecular flexibility index (Phi) is 4.81. The van der Waals surface area contributed by atoms with E-state index in [2.05, 4.69) is 45.3 Å². The van der Waals surface area contributed by atoms with Crippen LogP contribution in [0.25, 0.3) is 0 Å². The molecule has 4 heteroatoms. The maximum Gasteiger partial charge on any atom is 0.172 e. The van der Waals surface area contributed by atoms with E-state index in [9.17, 15) is 0 Å². The lowest BCUT2D eigenvalue weighted by molar-refractivity contribution is 0.189. The van der Waals surface area contributed by atoms with E-state index >= 15 is 0 Å². The van der Waals surface area contributed by atoms with E-state index in [1.54, 1.807) is 0 Å². The molecule has 3 atom stereocenters. The molecule has 2 fully saturated rings. The zero-order valence-electron chi connectivity index (χ0n) is 13.2. The Hall–Kier alpha value is -0.245. The second-order valence-electron chi connectivity index (χ2n) is 7.04. The average Bonchev–Trinajstić information content (AvgIpc) is 2.54. The predicted molar refractivity (Wildman–Crippen MR) is 89.5 cm³/mol. The first-order chi connectivity index (χ1) is 8.93. The summed E-state index contributed by atoms with van der Waals surface area (Å²) in [5.41, 5.74) is 0. The zero-order chi connectivity index (χ0) is 14.2. The van der Waals surface area contributed by atoms with Crippen molar-refractivity contribution in [1.82, 2.24) is 9.80 Å². The number of hydrogen-bond donors (Lipinski definition) is 0. The lowest BCUT2D eigenvalue weighted by Gasteiger charge is -2.35. The van der Waals surface area contributed by atoms with Crippen molar-refractivity contribution in [2.45, 2.75) is 89.8 Å². The minimum Gasteiger partial charge on any atom is -0.342 e. The molecule has 2 aliphatic rings. The molecule has 0 N–H and O–H groups in total. The summed E-state index contributed by atoms with van der Waals surface area (Å²) in [5, 5.41) is 1.11. The summed E-state index contributed by atoms with van der Waals surface area (Å²) in [4.78, 5) is 5.06. The maximum absolute atomic E-state index is 5.81. The van der Waals surface area contributed by atoms with E-state index in [0.717, 1.165) is 10.9 Å². The van der Waals surface area contributed by atoms with Gasteiger partial charge in [0.1, 0.15) is 7.85 Å². The largest absolute Gasteiger partial charge is 0.342 e. The van der Waals surface area contributed by atoms with E-state index < -0.39 is 0 Å². The highest BCUT2D eigenvalue weighted by atomic mass is 32.1. The van der Waals surface area contributed by atoms with Gasteiger partial charge in [-0.15, -0.1) is 0 Å². The Morgan fingerprint density at radius 1 is 1.00 bits per heavy atom. The fraction of sp³-hybridized carbons (Fsp3) is 0.933. The quantitative estimate of drug-likeness (QED) is 0.567. The molecule has 1 saturated carbocycles. The minimum absolute atomic E-state index is 0.523. The third kappa shape index (κ3) is 2.93. The van der Waals surface area contributed by atoms with Gasteiger partial charge in [0.2, 0.25) is 0 Å². The summed E-state index contributed by atoms with van der Waals surface area (Å²) in [6.07, 6.45) is 6.78. The van der Waals surface area contributed by atoms with E-state index in [4.69, 9.17) is 12.2 Å². The average molecular weight is 280 g/mol. The summed E-state index contributed by atoms with van der Waals surface area (Å²) in [7, 11) is 2.42. The molecule has 19 heavy (non-hydrogen) atoms. The number of fused-ring (bicyclic) bond motifs is 1. The highest BCUT2D eigenvalue weighted by Gasteiger charge is 2.45. The first-order valence-corrected chi connectivity index (χ1v) is 8.45. The molecule has 0 spiro atoms. The molecule has 1 aliphatic carbocycles. The van der Waals surface area contributed by atoms with Crippen LogP contribution in [0.15, 0.2) is 0 Å². The monoisotopic (exact) mass is 280 g/mol. The Labute approximate surface area is 125 Å². The van der Waals surface area contributed by atoms with Crippen LogP contribution in [0.1, 0.15) is 59.8 Å². The highest BCUT2D eigenvalue weighted by Crippen LogP contribution is 2.37. The van der Waals surface area contributed by atoms with Crippen molar-refractivity contribution in [3.05, 3.63) is 0 Å². The van der Waals surface area contributed by atoms with Crippen LogP contribution in [0.2, 0.25) is 5.82 Å². The Morgan fingerprint density at radius 2 is 1.53 bits per heavy atom.